The Labute approximate surface area is 93.1 Å². The van der Waals surface area contributed by atoms with Crippen molar-refractivity contribution in [3.63, 3.8) is 0 Å². The molecule has 0 aliphatic carbocycles. The molecule has 0 aliphatic heterocycles. The van der Waals surface area contributed by atoms with E-state index in [1.54, 1.807) is 0 Å². The van der Waals surface area contributed by atoms with E-state index in [4.69, 9.17) is 4.74 Å². The Morgan fingerprint density at radius 2 is 2.18 bits per heavy atom. The predicted molar refractivity (Wildman–Crippen MR) is 46.3 cm³/mol. The third-order valence-electron chi connectivity index (χ3n) is 0.870. The van der Waals surface area contributed by atoms with Gasteiger partial charge in [0.25, 0.3) is 0 Å². The molecule has 0 aromatic carbocycles. The van der Waals surface area contributed by atoms with Gasteiger partial charge in [-0.1, -0.05) is 22.6 Å². The van der Waals surface area contributed by atoms with E-state index in [1.165, 1.54) is 7.11 Å². The van der Waals surface area contributed by atoms with Gasteiger partial charge in [0, 0.05) is 11.0 Å². The van der Waals surface area contributed by atoms with Crippen LogP contribution in [0.2, 0.25) is 0 Å². The van der Waals surface area contributed by atoms with E-state index in [2.05, 4.69) is 27.3 Å². The maximum absolute atomic E-state index is 10.4. The molecule has 0 amide bonds. The molecule has 0 aromatic rings. The third kappa shape index (κ3) is 10.8. The Balaban J connectivity index is 0. The number of alkyl halides is 1. The molecule has 0 fully saturated rings. The predicted octanol–water partition coefficient (Wildman–Crippen LogP) is 0.999. The summed E-state index contributed by atoms with van der Waals surface area (Å²) in [5, 5.41) is 0. The molecular formula is C6H11IO3Zn+2. The normalized spacial score (nSPS) is 8.55. The minimum absolute atomic E-state index is 0. The quantitative estimate of drug-likeness (QED) is 0.249. The molecule has 0 atom stereocenters. The van der Waals surface area contributed by atoms with E-state index in [-0.39, 0.29) is 32.1 Å². The Bertz CT molecular complexity index is 99.8. The van der Waals surface area contributed by atoms with Crippen molar-refractivity contribution in [1.82, 2.24) is 0 Å². The van der Waals surface area contributed by atoms with Crippen LogP contribution < -0.4 is 0 Å². The molecule has 0 heterocycles. The van der Waals surface area contributed by atoms with Crippen LogP contribution in [0.5, 0.6) is 0 Å². The van der Waals surface area contributed by atoms with Crippen LogP contribution in [-0.2, 0) is 33.7 Å². The summed E-state index contributed by atoms with van der Waals surface area (Å²) in [6.45, 7) is 0.713. The molecule has 0 saturated heterocycles. The molecule has 0 radical (unpaired) electrons. The molecule has 3 nitrogen and oxygen atoms in total. The monoisotopic (exact) mass is 322 g/mol. The first kappa shape index (κ1) is 14.3. The maximum Gasteiger partial charge on any atom is 2.00 e. The van der Waals surface area contributed by atoms with Gasteiger partial charge in [0.1, 0.15) is 6.61 Å². The van der Waals surface area contributed by atoms with Gasteiger partial charge in [-0.15, -0.1) is 0 Å². The van der Waals surface area contributed by atoms with E-state index in [1.807, 2.05) is 0 Å². The van der Waals surface area contributed by atoms with Gasteiger partial charge in [-0.05, 0) is 6.42 Å². The number of esters is 1. The van der Waals surface area contributed by atoms with Gasteiger partial charge < -0.3 is 9.47 Å². The van der Waals surface area contributed by atoms with Gasteiger partial charge in [0.15, 0.2) is 0 Å². The van der Waals surface area contributed by atoms with Crippen LogP contribution in [0.3, 0.4) is 0 Å². The van der Waals surface area contributed by atoms with E-state index in [9.17, 15) is 4.79 Å². The minimum Gasteiger partial charge on any atom is -0.467 e. The van der Waals surface area contributed by atoms with Crippen LogP contribution in [0.4, 0.5) is 0 Å². The molecule has 0 bridgehead atoms. The first-order chi connectivity index (χ1) is 4.81. The van der Waals surface area contributed by atoms with Crippen molar-refractivity contribution in [1.29, 1.82) is 0 Å². The van der Waals surface area contributed by atoms with E-state index in [0.29, 0.717) is 6.61 Å². The summed E-state index contributed by atoms with van der Waals surface area (Å²) in [4.78, 5) is 10.4. The molecule has 0 aromatic heterocycles. The maximum atomic E-state index is 10.4. The van der Waals surface area contributed by atoms with Crippen molar-refractivity contribution in [3.05, 3.63) is 0 Å². The van der Waals surface area contributed by atoms with Gasteiger partial charge in [-0.3, -0.25) is 0 Å². The summed E-state index contributed by atoms with van der Waals surface area (Å²) >= 11 is 2.26. The summed E-state index contributed by atoms with van der Waals surface area (Å²) in [6.07, 6.45) is 0.984. The van der Waals surface area contributed by atoms with Crippen molar-refractivity contribution in [2.24, 2.45) is 0 Å². The summed E-state index contributed by atoms with van der Waals surface area (Å²) in [7, 11) is 1.35. The Morgan fingerprint density at radius 1 is 1.55 bits per heavy atom. The molecule has 0 aliphatic rings. The second-order valence-electron chi connectivity index (χ2n) is 1.67. The Morgan fingerprint density at radius 3 is 2.64 bits per heavy atom. The van der Waals surface area contributed by atoms with Gasteiger partial charge in [0.2, 0.25) is 0 Å². The molecule has 0 unspecified atom stereocenters. The van der Waals surface area contributed by atoms with Crippen molar-refractivity contribution >= 4 is 28.6 Å². The number of methoxy groups -OCH3 is 1. The molecule has 60 valence electrons. The summed E-state index contributed by atoms with van der Waals surface area (Å²) in [5.41, 5.74) is 0. The minimum atomic E-state index is -0.312. The number of halogens is 1. The average Bonchev–Trinajstić information content (AvgIpc) is 1.98. The third-order valence-corrected chi connectivity index (χ3v) is 1.63. The summed E-state index contributed by atoms with van der Waals surface area (Å²) in [5.74, 6) is -0.312. The van der Waals surface area contributed by atoms with Gasteiger partial charge in [-0.2, -0.15) is 0 Å². The largest absolute Gasteiger partial charge is 2.00 e. The Kier molecular flexibility index (Phi) is 14.0. The molecular weight excluding hydrogens is 312 g/mol. The van der Waals surface area contributed by atoms with Crippen molar-refractivity contribution in [2.75, 3.05) is 24.8 Å². The zero-order chi connectivity index (χ0) is 7.82. The van der Waals surface area contributed by atoms with Crippen LogP contribution in [0.25, 0.3) is 0 Å². The van der Waals surface area contributed by atoms with E-state index in [0.717, 1.165) is 10.8 Å². The fraction of sp³-hybridized carbons (Fsp3) is 0.833. The van der Waals surface area contributed by atoms with Crippen molar-refractivity contribution < 1.29 is 33.7 Å². The van der Waals surface area contributed by atoms with Crippen molar-refractivity contribution in [3.8, 4) is 0 Å². The number of ether oxygens (including phenoxy) is 2. The first-order valence-electron chi connectivity index (χ1n) is 3.01. The number of carbonyl (C=O) groups is 1. The molecule has 5 heteroatoms. The van der Waals surface area contributed by atoms with Gasteiger partial charge in [-0.25, -0.2) is 4.79 Å². The van der Waals surface area contributed by atoms with Gasteiger partial charge in [0.05, 0.1) is 7.11 Å². The van der Waals surface area contributed by atoms with Crippen LogP contribution >= 0.6 is 22.6 Å². The average molecular weight is 323 g/mol. The fourth-order valence-electron chi connectivity index (χ4n) is 0.371. The smallest absolute Gasteiger partial charge is 0.467 e. The number of hydrogen-bond donors (Lipinski definition) is 0. The zero-order valence-electron chi connectivity index (χ0n) is 6.64. The number of hydrogen-bond acceptors (Lipinski definition) is 3. The molecule has 0 N–H and O–H groups in total. The summed E-state index contributed by atoms with van der Waals surface area (Å²) in [6, 6.07) is 0. The van der Waals surface area contributed by atoms with Gasteiger partial charge >= 0.3 is 25.4 Å². The van der Waals surface area contributed by atoms with Crippen LogP contribution in [-0.4, -0.2) is 30.7 Å². The van der Waals surface area contributed by atoms with Crippen molar-refractivity contribution in [2.45, 2.75) is 6.42 Å². The second kappa shape index (κ2) is 10.8. The second-order valence-corrected chi connectivity index (χ2v) is 2.75. The molecule has 0 saturated carbocycles. The number of carbonyl (C=O) groups excluding carboxylic acids is 1. The number of rotatable bonds is 5. The van der Waals surface area contributed by atoms with Crippen LogP contribution in [0.15, 0.2) is 0 Å². The first-order valence-corrected chi connectivity index (χ1v) is 4.54. The molecule has 0 rings (SSSR count). The van der Waals surface area contributed by atoms with Crippen LogP contribution in [0.1, 0.15) is 6.42 Å². The molecule has 0 spiro atoms. The standard InChI is InChI=1S/C6H11IO3.Zn/c1-9-6(8)5-10-4-2-3-7;/h2-5H2,1H3;/q;+2. The van der Waals surface area contributed by atoms with E-state index < -0.39 is 0 Å². The van der Waals surface area contributed by atoms with E-state index >= 15 is 0 Å². The SMILES string of the molecule is COC(=O)COCCCI.[Zn+2]. The Hall–Kier alpha value is 0.783. The topological polar surface area (TPSA) is 35.5 Å². The fourth-order valence-corrected chi connectivity index (χ4v) is 0.682. The zero-order valence-corrected chi connectivity index (χ0v) is 11.8. The summed E-state index contributed by atoms with van der Waals surface area (Å²) < 4.78 is 10.4. The van der Waals surface area contributed by atoms with Crippen LogP contribution in [0, 0.1) is 0 Å². The molecule has 11 heavy (non-hydrogen) atoms.